The van der Waals surface area contributed by atoms with Gasteiger partial charge in [-0.1, -0.05) is 107 Å². The van der Waals surface area contributed by atoms with Crippen LogP contribution in [0.4, 0.5) is 5.69 Å². The van der Waals surface area contributed by atoms with Crippen molar-refractivity contribution in [1.29, 1.82) is 0 Å². The van der Waals surface area contributed by atoms with E-state index in [9.17, 15) is 5.11 Å². The predicted octanol–water partition coefficient (Wildman–Crippen LogP) is 9.42. The molecule has 0 aromatic heterocycles. The maximum absolute atomic E-state index is 11.3. The summed E-state index contributed by atoms with van der Waals surface area (Å²) >= 11 is 0. The van der Waals surface area contributed by atoms with E-state index in [-0.39, 0.29) is 5.75 Å². The first-order valence-corrected chi connectivity index (χ1v) is 13.9. The molecule has 0 amide bonds. The lowest BCUT2D eigenvalue weighted by Crippen LogP contribution is -2.12. The summed E-state index contributed by atoms with van der Waals surface area (Å²) < 4.78 is 6.33. The third-order valence-electron chi connectivity index (χ3n) is 7.12. The van der Waals surface area contributed by atoms with E-state index in [4.69, 9.17) is 4.74 Å². The number of anilines is 1. The van der Waals surface area contributed by atoms with Crippen LogP contribution in [-0.2, 0) is 6.42 Å². The molecule has 3 nitrogen and oxygen atoms in total. The van der Waals surface area contributed by atoms with Gasteiger partial charge in [-0.05, 0) is 59.1 Å². The molecule has 4 aromatic rings. The van der Waals surface area contributed by atoms with Crippen molar-refractivity contribution in [3.63, 3.8) is 0 Å². The molecule has 0 unspecified atom stereocenters. The number of hydrogen-bond acceptors (Lipinski definition) is 3. The molecule has 0 bridgehead atoms. The summed E-state index contributed by atoms with van der Waals surface area (Å²) in [4.78, 5) is 0. The highest BCUT2D eigenvalue weighted by Crippen LogP contribution is 2.42. The highest BCUT2D eigenvalue weighted by atomic mass is 16.5. The van der Waals surface area contributed by atoms with E-state index in [1.807, 2.05) is 54.6 Å². The summed E-state index contributed by atoms with van der Waals surface area (Å²) in [7, 11) is 0. The Hall–Kier alpha value is -3.72. The standard InChI is InChI=1S/C35H41NO2/c1-6-26-19-20-33(32(23-26)31-18-11-17-30(35(31)37)27-13-8-7-9-14-27)38-22-12-21-36-34-28(24(2)3)15-10-16-29(34)25(4)5/h7-11,13-20,23-25,36-37H,6,12,21-22H2,1-5H3. The Morgan fingerprint density at radius 2 is 1.39 bits per heavy atom. The van der Waals surface area contributed by atoms with Gasteiger partial charge in [0.05, 0.1) is 6.61 Å². The molecule has 0 aliphatic carbocycles. The third-order valence-corrected chi connectivity index (χ3v) is 7.12. The zero-order chi connectivity index (χ0) is 27.1. The molecule has 4 rings (SSSR count). The summed E-state index contributed by atoms with van der Waals surface area (Å²) in [6, 6.07) is 28.9. The first-order valence-electron chi connectivity index (χ1n) is 13.9. The van der Waals surface area contributed by atoms with Gasteiger partial charge in [-0.2, -0.15) is 0 Å². The molecule has 0 saturated heterocycles. The smallest absolute Gasteiger partial charge is 0.131 e. The van der Waals surface area contributed by atoms with Gasteiger partial charge in [0.15, 0.2) is 0 Å². The molecule has 0 saturated carbocycles. The molecular weight excluding hydrogens is 466 g/mol. The fourth-order valence-corrected chi connectivity index (χ4v) is 4.97. The molecule has 0 spiro atoms. The van der Waals surface area contributed by atoms with Crippen molar-refractivity contribution >= 4 is 5.69 Å². The summed E-state index contributed by atoms with van der Waals surface area (Å²) in [6.45, 7) is 12.6. The van der Waals surface area contributed by atoms with Gasteiger partial charge in [-0.15, -0.1) is 0 Å². The van der Waals surface area contributed by atoms with Gasteiger partial charge >= 0.3 is 0 Å². The van der Waals surface area contributed by atoms with Crippen molar-refractivity contribution in [2.75, 3.05) is 18.5 Å². The van der Waals surface area contributed by atoms with Crippen LogP contribution in [0, 0.1) is 0 Å². The van der Waals surface area contributed by atoms with Gasteiger partial charge < -0.3 is 15.2 Å². The largest absolute Gasteiger partial charge is 0.507 e. The lowest BCUT2D eigenvalue weighted by molar-refractivity contribution is 0.316. The number of para-hydroxylation sites is 2. The van der Waals surface area contributed by atoms with Crippen LogP contribution in [0.3, 0.4) is 0 Å². The lowest BCUT2D eigenvalue weighted by atomic mass is 9.92. The van der Waals surface area contributed by atoms with Crippen molar-refractivity contribution in [2.24, 2.45) is 0 Å². The quantitative estimate of drug-likeness (QED) is 0.199. The molecule has 0 atom stereocenters. The topological polar surface area (TPSA) is 41.5 Å². The van der Waals surface area contributed by atoms with Crippen LogP contribution >= 0.6 is 0 Å². The second-order valence-corrected chi connectivity index (χ2v) is 10.5. The minimum Gasteiger partial charge on any atom is -0.507 e. The summed E-state index contributed by atoms with van der Waals surface area (Å²) in [5.74, 6) is 2.01. The SMILES string of the molecule is CCc1ccc(OCCCNc2c(C(C)C)cccc2C(C)C)c(-c2cccc(-c3ccccc3)c2O)c1. The fourth-order valence-electron chi connectivity index (χ4n) is 4.97. The second-order valence-electron chi connectivity index (χ2n) is 10.5. The van der Waals surface area contributed by atoms with E-state index in [0.29, 0.717) is 18.4 Å². The second kappa shape index (κ2) is 12.7. The third kappa shape index (κ3) is 6.22. The molecular formula is C35H41NO2. The maximum Gasteiger partial charge on any atom is 0.131 e. The minimum atomic E-state index is 0.282. The maximum atomic E-state index is 11.3. The molecule has 198 valence electrons. The van der Waals surface area contributed by atoms with E-state index >= 15 is 0 Å². The van der Waals surface area contributed by atoms with Gasteiger partial charge in [0.2, 0.25) is 0 Å². The zero-order valence-electron chi connectivity index (χ0n) is 23.4. The predicted molar refractivity (Wildman–Crippen MR) is 162 cm³/mol. The molecule has 0 radical (unpaired) electrons. The van der Waals surface area contributed by atoms with Crippen LogP contribution in [0.15, 0.2) is 84.9 Å². The Bertz CT molecular complexity index is 1320. The normalized spacial score (nSPS) is 11.2. The molecule has 0 heterocycles. The van der Waals surface area contributed by atoms with Crippen molar-refractivity contribution in [1.82, 2.24) is 0 Å². The molecule has 3 heteroatoms. The Labute approximate surface area is 228 Å². The van der Waals surface area contributed by atoms with Crippen molar-refractivity contribution < 1.29 is 9.84 Å². The lowest BCUT2D eigenvalue weighted by Gasteiger charge is -2.21. The Morgan fingerprint density at radius 1 is 0.737 bits per heavy atom. The van der Waals surface area contributed by atoms with Crippen LogP contribution in [0.2, 0.25) is 0 Å². The first-order chi connectivity index (χ1) is 18.4. The highest BCUT2D eigenvalue weighted by Gasteiger charge is 2.16. The van der Waals surface area contributed by atoms with E-state index < -0.39 is 0 Å². The van der Waals surface area contributed by atoms with Crippen LogP contribution in [0.25, 0.3) is 22.3 Å². The van der Waals surface area contributed by atoms with E-state index in [1.165, 1.54) is 22.4 Å². The van der Waals surface area contributed by atoms with Crippen LogP contribution in [-0.4, -0.2) is 18.3 Å². The number of aromatic hydroxyl groups is 1. The van der Waals surface area contributed by atoms with E-state index in [1.54, 1.807) is 0 Å². The average Bonchev–Trinajstić information content (AvgIpc) is 2.93. The Balaban J connectivity index is 1.51. The van der Waals surface area contributed by atoms with Gasteiger partial charge in [-0.3, -0.25) is 0 Å². The number of ether oxygens (including phenoxy) is 1. The minimum absolute atomic E-state index is 0.282. The first kappa shape index (κ1) is 27.3. The highest BCUT2D eigenvalue weighted by molar-refractivity contribution is 5.84. The number of nitrogens with one attached hydrogen (secondary N) is 1. The van der Waals surface area contributed by atoms with Crippen molar-refractivity contribution in [3.05, 3.63) is 102 Å². The average molecular weight is 508 g/mol. The zero-order valence-corrected chi connectivity index (χ0v) is 23.4. The van der Waals surface area contributed by atoms with Gasteiger partial charge in [0, 0.05) is 28.9 Å². The van der Waals surface area contributed by atoms with Gasteiger partial charge in [0.1, 0.15) is 11.5 Å². The molecule has 38 heavy (non-hydrogen) atoms. The number of rotatable bonds is 11. The molecule has 2 N–H and O–H groups in total. The van der Waals surface area contributed by atoms with Crippen LogP contribution in [0.1, 0.15) is 69.6 Å². The number of benzene rings is 4. The molecule has 0 aliphatic heterocycles. The summed E-state index contributed by atoms with van der Waals surface area (Å²) in [5, 5.41) is 15.0. The van der Waals surface area contributed by atoms with E-state index in [0.717, 1.165) is 47.4 Å². The molecule has 0 fully saturated rings. The van der Waals surface area contributed by atoms with Crippen LogP contribution < -0.4 is 10.1 Å². The van der Waals surface area contributed by atoms with Crippen LogP contribution in [0.5, 0.6) is 11.5 Å². The van der Waals surface area contributed by atoms with Crippen molar-refractivity contribution in [2.45, 2.75) is 59.3 Å². The van der Waals surface area contributed by atoms with Gasteiger partial charge in [-0.25, -0.2) is 0 Å². The Kier molecular flexibility index (Phi) is 9.12. The van der Waals surface area contributed by atoms with E-state index in [2.05, 4.69) is 70.3 Å². The number of phenolic OH excluding ortho intramolecular Hbond substituents is 1. The fraction of sp³-hybridized carbons (Fsp3) is 0.314. The molecule has 4 aromatic carbocycles. The van der Waals surface area contributed by atoms with Gasteiger partial charge in [0.25, 0.3) is 0 Å². The Morgan fingerprint density at radius 3 is 2.05 bits per heavy atom. The summed E-state index contributed by atoms with van der Waals surface area (Å²) in [6.07, 6.45) is 1.79. The number of aryl methyl sites for hydroxylation is 1. The monoisotopic (exact) mass is 507 g/mol. The number of hydrogen-bond donors (Lipinski definition) is 2. The number of phenols is 1. The summed E-state index contributed by atoms with van der Waals surface area (Å²) in [5.41, 5.74) is 8.76. The van der Waals surface area contributed by atoms with Crippen molar-refractivity contribution in [3.8, 4) is 33.8 Å². The molecule has 0 aliphatic rings.